The standard InChI is InChI=1S/C19H13Cl2N3OS/c20-15-9-13(12-5-2-1-3-6-12)11-24-17(21)16(23-18(15)24)19(25)22-10-14-7-4-8-26-14/h1-9,11H,10H2,(H,22,25). The van der Waals surface area contributed by atoms with Crippen molar-refractivity contribution in [2.45, 2.75) is 6.54 Å². The number of aromatic nitrogens is 2. The number of thiophene rings is 1. The topological polar surface area (TPSA) is 46.4 Å². The summed E-state index contributed by atoms with van der Waals surface area (Å²) in [7, 11) is 0. The Hall–Kier alpha value is -2.34. The van der Waals surface area contributed by atoms with E-state index >= 15 is 0 Å². The summed E-state index contributed by atoms with van der Waals surface area (Å²) in [6, 6.07) is 15.5. The Morgan fingerprint density at radius 1 is 1.12 bits per heavy atom. The van der Waals surface area contributed by atoms with E-state index in [4.69, 9.17) is 23.2 Å². The Morgan fingerprint density at radius 2 is 1.92 bits per heavy atom. The zero-order valence-electron chi connectivity index (χ0n) is 13.4. The molecule has 0 unspecified atom stereocenters. The molecule has 4 aromatic rings. The van der Waals surface area contributed by atoms with Crippen LogP contribution in [0.25, 0.3) is 16.8 Å². The van der Waals surface area contributed by atoms with Crippen LogP contribution in [0.3, 0.4) is 0 Å². The second kappa shape index (κ2) is 7.11. The molecule has 7 heteroatoms. The van der Waals surface area contributed by atoms with Crippen LogP contribution in [0.2, 0.25) is 10.2 Å². The summed E-state index contributed by atoms with van der Waals surface area (Å²) < 4.78 is 1.65. The van der Waals surface area contributed by atoms with Gasteiger partial charge in [0.25, 0.3) is 5.91 Å². The maximum absolute atomic E-state index is 12.5. The van der Waals surface area contributed by atoms with Gasteiger partial charge in [-0.05, 0) is 28.6 Å². The minimum Gasteiger partial charge on any atom is -0.346 e. The molecule has 1 amide bonds. The van der Waals surface area contributed by atoms with Gasteiger partial charge in [-0.3, -0.25) is 9.20 Å². The first-order valence-corrected chi connectivity index (χ1v) is 9.50. The van der Waals surface area contributed by atoms with Crippen LogP contribution in [-0.4, -0.2) is 15.3 Å². The predicted octanol–water partition coefficient (Wildman–Crippen LogP) is 5.30. The molecule has 0 aliphatic heterocycles. The first kappa shape index (κ1) is 17.1. The maximum Gasteiger partial charge on any atom is 0.273 e. The molecule has 0 aliphatic carbocycles. The van der Waals surface area contributed by atoms with Crippen LogP contribution >= 0.6 is 34.5 Å². The average molecular weight is 402 g/mol. The molecular formula is C19H13Cl2N3OS. The molecule has 0 saturated carbocycles. The highest BCUT2D eigenvalue weighted by atomic mass is 35.5. The monoisotopic (exact) mass is 401 g/mol. The largest absolute Gasteiger partial charge is 0.346 e. The molecule has 0 aliphatic rings. The number of nitrogens with zero attached hydrogens (tertiary/aromatic N) is 2. The molecule has 4 rings (SSSR count). The van der Waals surface area contributed by atoms with Crippen molar-refractivity contribution in [1.82, 2.24) is 14.7 Å². The van der Waals surface area contributed by atoms with E-state index in [0.29, 0.717) is 17.2 Å². The van der Waals surface area contributed by atoms with Gasteiger partial charge in [0.1, 0.15) is 5.15 Å². The summed E-state index contributed by atoms with van der Waals surface area (Å²) in [5, 5.41) is 5.47. The Labute approximate surface area is 164 Å². The van der Waals surface area contributed by atoms with Crippen LogP contribution in [0.15, 0.2) is 60.1 Å². The molecule has 3 heterocycles. The lowest BCUT2D eigenvalue weighted by Crippen LogP contribution is -2.23. The van der Waals surface area contributed by atoms with Crippen molar-refractivity contribution < 1.29 is 4.79 Å². The van der Waals surface area contributed by atoms with Crippen LogP contribution in [0.5, 0.6) is 0 Å². The van der Waals surface area contributed by atoms with E-state index in [9.17, 15) is 4.79 Å². The summed E-state index contributed by atoms with van der Waals surface area (Å²) in [5.74, 6) is -0.329. The summed E-state index contributed by atoms with van der Waals surface area (Å²) >= 11 is 14.4. The fourth-order valence-corrected chi connectivity index (χ4v) is 3.83. The third-order valence-electron chi connectivity index (χ3n) is 3.94. The fraction of sp³-hybridized carbons (Fsp3) is 0.0526. The van der Waals surface area contributed by atoms with Crippen LogP contribution in [0.1, 0.15) is 15.4 Å². The molecule has 130 valence electrons. The van der Waals surface area contributed by atoms with Crippen molar-refractivity contribution in [3.63, 3.8) is 0 Å². The maximum atomic E-state index is 12.5. The number of carbonyl (C=O) groups excluding carboxylic acids is 1. The van der Waals surface area contributed by atoms with E-state index in [-0.39, 0.29) is 16.8 Å². The van der Waals surface area contributed by atoms with E-state index in [0.717, 1.165) is 16.0 Å². The average Bonchev–Trinajstić information content (AvgIpc) is 3.29. The highest BCUT2D eigenvalue weighted by molar-refractivity contribution is 7.09. The first-order chi connectivity index (χ1) is 12.6. The number of imidazole rings is 1. The molecule has 1 aromatic carbocycles. The van der Waals surface area contributed by atoms with Gasteiger partial charge >= 0.3 is 0 Å². The molecule has 0 fully saturated rings. The van der Waals surface area contributed by atoms with Gasteiger partial charge in [0, 0.05) is 11.1 Å². The lowest BCUT2D eigenvalue weighted by molar-refractivity contribution is 0.0947. The number of hydrogen-bond donors (Lipinski definition) is 1. The highest BCUT2D eigenvalue weighted by Gasteiger charge is 2.20. The Kier molecular flexibility index (Phi) is 4.68. The number of rotatable bonds is 4. The van der Waals surface area contributed by atoms with Crippen LogP contribution in [-0.2, 0) is 6.54 Å². The van der Waals surface area contributed by atoms with Gasteiger partial charge in [-0.1, -0.05) is 59.6 Å². The minimum atomic E-state index is -0.329. The van der Waals surface area contributed by atoms with Crippen molar-refractivity contribution in [3.05, 3.63) is 80.9 Å². The van der Waals surface area contributed by atoms with E-state index in [1.165, 1.54) is 0 Å². The number of carbonyl (C=O) groups is 1. The Bertz CT molecular complexity index is 1080. The van der Waals surface area contributed by atoms with Crippen LogP contribution in [0, 0.1) is 0 Å². The highest BCUT2D eigenvalue weighted by Crippen LogP contribution is 2.29. The van der Waals surface area contributed by atoms with Crippen LogP contribution < -0.4 is 5.32 Å². The molecule has 3 aromatic heterocycles. The van der Waals surface area contributed by atoms with Gasteiger partial charge in [0.2, 0.25) is 0 Å². The molecule has 0 bridgehead atoms. The zero-order chi connectivity index (χ0) is 18.1. The van der Waals surface area contributed by atoms with Gasteiger partial charge in [0.15, 0.2) is 11.3 Å². The second-order valence-corrected chi connectivity index (χ2v) is 7.45. The number of amides is 1. The molecule has 0 saturated heterocycles. The number of fused-ring (bicyclic) bond motifs is 1. The predicted molar refractivity (Wildman–Crippen MR) is 106 cm³/mol. The summed E-state index contributed by atoms with van der Waals surface area (Å²) in [6.45, 7) is 0.434. The molecular weight excluding hydrogens is 389 g/mol. The lowest BCUT2D eigenvalue weighted by atomic mass is 10.1. The Balaban J connectivity index is 1.70. The number of benzene rings is 1. The van der Waals surface area contributed by atoms with Crippen molar-refractivity contribution in [3.8, 4) is 11.1 Å². The molecule has 1 N–H and O–H groups in total. The molecule has 0 spiro atoms. The summed E-state index contributed by atoms with van der Waals surface area (Å²) in [5.41, 5.74) is 2.52. The van der Waals surface area contributed by atoms with Gasteiger partial charge in [-0.2, -0.15) is 0 Å². The summed E-state index contributed by atoms with van der Waals surface area (Å²) in [6.07, 6.45) is 1.84. The van der Waals surface area contributed by atoms with E-state index in [2.05, 4.69) is 10.3 Å². The smallest absolute Gasteiger partial charge is 0.273 e. The van der Waals surface area contributed by atoms with Crippen molar-refractivity contribution in [1.29, 1.82) is 0 Å². The molecule has 4 nitrogen and oxygen atoms in total. The van der Waals surface area contributed by atoms with Gasteiger partial charge in [0.05, 0.1) is 11.6 Å². The zero-order valence-corrected chi connectivity index (χ0v) is 15.8. The van der Waals surface area contributed by atoms with Gasteiger partial charge in [-0.15, -0.1) is 11.3 Å². The van der Waals surface area contributed by atoms with Crippen molar-refractivity contribution in [2.75, 3.05) is 0 Å². The first-order valence-electron chi connectivity index (χ1n) is 7.86. The van der Waals surface area contributed by atoms with Crippen molar-refractivity contribution in [2.24, 2.45) is 0 Å². The molecule has 26 heavy (non-hydrogen) atoms. The second-order valence-electron chi connectivity index (χ2n) is 5.65. The van der Waals surface area contributed by atoms with E-state index in [1.54, 1.807) is 15.7 Å². The quantitative estimate of drug-likeness (QED) is 0.504. The van der Waals surface area contributed by atoms with E-state index < -0.39 is 0 Å². The lowest BCUT2D eigenvalue weighted by Gasteiger charge is -2.05. The SMILES string of the molecule is O=C(NCc1cccs1)c1nc2c(Cl)cc(-c3ccccc3)cn2c1Cl. The number of hydrogen-bond acceptors (Lipinski definition) is 3. The normalized spacial score (nSPS) is 11.0. The van der Waals surface area contributed by atoms with Crippen molar-refractivity contribution >= 4 is 46.1 Å². The Morgan fingerprint density at radius 3 is 2.65 bits per heavy atom. The molecule has 0 atom stereocenters. The van der Waals surface area contributed by atoms with Gasteiger partial charge < -0.3 is 5.32 Å². The van der Waals surface area contributed by atoms with E-state index in [1.807, 2.05) is 60.1 Å². The number of pyridine rings is 1. The third-order valence-corrected chi connectivity index (χ3v) is 5.46. The minimum absolute atomic E-state index is 0.162. The van der Waals surface area contributed by atoms with Gasteiger partial charge in [-0.25, -0.2) is 4.98 Å². The third kappa shape index (κ3) is 3.21. The number of nitrogens with one attached hydrogen (secondary N) is 1. The molecule has 0 radical (unpaired) electrons. The number of halogens is 2. The van der Waals surface area contributed by atoms with Crippen LogP contribution in [0.4, 0.5) is 0 Å². The fourth-order valence-electron chi connectivity index (χ4n) is 2.67. The summed E-state index contributed by atoms with van der Waals surface area (Å²) in [4.78, 5) is 17.9.